The number of nitrogens with one attached hydrogen (secondary N) is 2. The maximum absolute atomic E-state index is 11.5. The lowest BCUT2D eigenvalue weighted by Crippen LogP contribution is -2.43. The van der Waals surface area contributed by atoms with Crippen molar-refractivity contribution in [1.82, 2.24) is 10.6 Å². The van der Waals surface area contributed by atoms with Gasteiger partial charge < -0.3 is 15.4 Å². The summed E-state index contributed by atoms with van der Waals surface area (Å²) in [5.41, 5.74) is 0. The summed E-state index contributed by atoms with van der Waals surface area (Å²) < 4.78 is 4.75. The summed E-state index contributed by atoms with van der Waals surface area (Å²) in [6, 6.07) is -0.449. The van der Waals surface area contributed by atoms with Crippen LogP contribution in [0.25, 0.3) is 0 Å². The van der Waals surface area contributed by atoms with Crippen LogP contribution in [0.15, 0.2) is 0 Å². The maximum atomic E-state index is 11.5. The molecule has 0 aromatic carbocycles. The second-order valence-electron chi connectivity index (χ2n) is 3.49. The van der Waals surface area contributed by atoms with E-state index in [9.17, 15) is 14.4 Å². The molecule has 0 aliphatic carbocycles. The van der Waals surface area contributed by atoms with E-state index in [0.717, 1.165) is 11.8 Å². The van der Waals surface area contributed by atoms with Crippen LogP contribution >= 0.6 is 11.8 Å². The smallest absolute Gasteiger partial charge is 0.305 e. The summed E-state index contributed by atoms with van der Waals surface area (Å²) in [4.78, 5) is 33.4. The van der Waals surface area contributed by atoms with Crippen LogP contribution in [0, 0.1) is 0 Å². The standard InChI is InChI=1S/C10H16N2O4S/c1-2-16-8(13)4-3-5-11-9(14)7-6-17-10(15)12-7/h7H,2-6H2,1H3,(H,11,14)(H,12,15). The predicted octanol–water partition coefficient (Wildman–Crippen LogP) is 0.271. The van der Waals surface area contributed by atoms with Gasteiger partial charge in [0.05, 0.1) is 6.61 Å². The highest BCUT2D eigenvalue weighted by Crippen LogP contribution is 2.12. The van der Waals surface area contributed by atoms with E-state index in [1.165, 1.54) is 0 Å². The number of hydrogen-bond acceptors (Lipinski definition) is 5. The van der Waals surface area contributed by atoms with Crippen LogP contribution < -0.4 is 10.6 Å². The molecule has 1 saturated heterocycles. The van der Waals surface area contributed by atoms with Crippen molar-refractivity contribution in [2.24, 2.45) is 0 Å². The van der Waals surface area contributed by atoms with E-state index in [-0.39, 0.29) is 17.1 Å². The van der Waals surface area contributed by atoms with Crippen LogP contribution in [0.3, 0.4) is 0 Å². The molecule has 96 valence electrons. The van der Waals surface area contributed by atoms with Crippen LogP contribution in [0.5, 0.6) is 0 Å². The van der Waals surface area contributed by atoms with E-state index >= 15 is 0 Å². The van der Waals surface area contributed by atoms with Gasteiger partial charge in [-0.3, -0.25) is 14.4 Å². The molecule has 1 unspecified atom stereocenters. The van der Waals surface area contributed by atoms with Crippen LogP contribution in [-0.2, 0) is 14.3 Å². The summed E-state index contributed by atoms with van der Waals surface area (Å²) in [5, 5.41) is 5.04. The van der Waals surface area contributed by atoms with Crippen LogP contribution in [0.2, 0.25) is 0 Å². The van der Waals surface area contributed by atoms with Gasteiger partial charge >= 0.3 is 5.97 Å². The quantitative estimate of drug-likeness (QED) is 0.529. The van der Waals surface area contributed by atoms with Crippen molar-refractivity contribution in [2.75, 3.05) is 18.9 Å². The van der Waals surface area contributed by atoms with E-state index in [4.69, 9.17) is 4.74 Å². The molecule has 1 aliphatic heterocycles. The molecule has 1 fully saturated rings. The van der Waals surface area contributed by atoms with Crippen molar-refractivity contribution in [3.05, 3.63) is 0 Å². The Labute approximate surface area is 104 Å². The fraction of sp³-hybridized carbons (Fsp3) is 0.700. The molecule has 0 spiro atoms. The zero-order valence-corrected chi connectivity index (χ0v) is 10.5. The molecule has 1 rings (SSSR count). The Morgan fingerprint density at radius 2 is 2.35 bits per heavy atom. The predicted molar refractivity (Wildman–Crippen MR) is 63.7 cm³/mol. The van der Waals surface area contributed by atoms with Crippen LogP contribution in [-0.4, -0.2) is 42.1 Å². The molecule has 1 aliphatic rings. The van der Waals surface area contributed by atoms with Crippen molar-refractivity contribution >= 4 is 28.9 Å². The number of amides is 2. The fourth-order valence-electron chi connectivity index (χ4n) is 1.33. The third kappa shape index (κ3) is 5.08. The molecule has 1 atom stereocenters. The van der Waals surface area contributed by atoms with E-state index in [2.05, 4.69) is 10.6 Å². The third-order valence-electron chi connectivity index (χ3n) is 2.15. The molecule has 0 aromatic rings. The number of carbonyl (C=O) groups excluding carboxylic acids is 3. The van der Waals surface area contributed by atoms with E-state index in [1.54, 1.807) is 6.92 Å². The van der Waals surface area contributed by atoms with Crippen LogP contribution in [0.4, 0.5) is 4.79 Å². The number of carbonyl (C=O) groups is 3. The molecule has 0 bridgehead atoms. The monoisotopic (exact) mass is 260 g/mol. The highest BCUT2D eigenvalue weighted by Gasteiger charge is 2.27. The van der Waals surface area contributed by atoms with Gasteiger partial charge in [-0.1, -0.05) is 11.8 Å². The molecule has 0 saturated carbocycles. The Bertz CT molecular complexity index is 309. The minimum absolute atomic E-state index is 0.170. The normalized spacial score (nSPS) is 18.6. The first-order valence-corrected chi connectivity index (χ1v) is 6.48. The first-order chi connectivity index (χ1) is 8.13. The van der Waals surface area contributed by atoms with Gasteiger partial charge in [0.15, 0.2) is 0 Å². The van der Waals surface area contributed by atoms with Crippen molar-refractivity contribution in [1.29, 1.82) is 0 Å². The van der Waals surface area contributed by atoms with Crippen molar-refractivity contribution in [3.63, 3.8) is 0 Å². The minimum Gasteiger partial charge on any atom is -0.466 e. The van der Waals surface area contributed by atoms with Gasteiger partial charge in [0.2, 0.25) is 5.91 Å². The zero-order chi connectivity index (χ0) is 12.7. The molecule has 6 nitrogen and oxygen atoms in total. The molecule has 0 aromatic heterocycles. The average Bonchev–Trinajstić information content (AvgIpc) is 2.71. The van der Waals surface area contributed by atoms with Gasteiger partial charge in [-0.2, -0.15) is 0 Å². The number of esters is 1. The first kappa shape index (κ1) is 13.8. The van der Waals surface area contributed by atoms with Gasteiger partial charge in [0, 0.05) is 18.7 Å². The molecular weight excluding hydrogens is 244 g/mol. The second-order valence-corrected chi connectivity index (χ2v) is 4.49. The summed E-state index contributed by atoms with van der Waals surface area (Å²) in [5.74, 6) is 0.00130. The minimum atomic E-state index is -0.449. The summed E-state index contributed by atoms with van der Waals surface area (Å²) >= 11 is 1.10. The van der Waals surface area contributed by atoms with Crippen LogP contribution in [0.1, 0.15) is 19.8 Å². The highest BCUT2D eigenvalue weighted by molar-refractivity contribution is 8.14. The maximum Gasteiger partial charge on any atom is 0.305 e. The first-order valence-electron chi connectivity index (χ1n) is 5.50. The Morgan fingerprint density at radius 3 is 2.94 bits per heavy atom. The van der Waals surface area contributed by atoms with Gasteiger partial charge in [0.25, 0.3) is 5.24 Å². The molecule has 2 amide bonds. The van der Waals surface area contributed by atoms with Gasteiger partial charge in [0.1, 0.15) is 6.04 Å². The molecular formula is C10H16N2O4S. The average molecular weight is 260 g/mol. The Morgan fingerprint density at radius 1 is 1.59 bits per heavy atom. The van der Waals surface area contributed by atoms with E-state index in [0.29, 0.717) is 31.7 Å². The highest BCUT2D eigenvalue weighted by atomic mass is 32.2. The summed E-state index contributed by atoms with van der Waals surface area (Å²) in [7, 11) is 0. The summed E-state index contributed by atoms with van der Waals surface area (Å²) in [6.45, 7) is 2.53. The zero-order valence-electron chi connectivity index (χ0n) is 9.65. The molecule has 1 heterocycles. The second kappa shape index (κ2) is 7.16. The van der Waals surface area contributed by atoms with Gasteiger partial charge in [-0.25, -0.2) is 0 Å². The topological polar surface area (TPSA) is 84.5 Å². The lowest BCUT2D eigenvalue weighted by molar-refractivity contribution is -0.143. The Balaban J connectivity index is 2.08. The molecule has 17 heavy (non-hydrogen) atoms. The largest absolute Gasteiger partial charge is 0.466 e. The Hall–Kier alpha value is -1.24. The van der Waals surface area contributed by atoms with E-state index < -0.39 is 6.04 Å². The molecule has 0 radical (unpaired) electrons. The number of hydrogen-bond donors (Lipinski definition) is 2. The SMILES string of the molecule is CCOC(=O)CCCNC(=O)C1CSC(=O)N1. The van der Waals surface area contributed by atoms with Gasteiger partial charge in [-0.05, 0) is 13.3 Å². The fourth-order valence-corrected chi connectivity index (χ4v) is 2.10. The van der Waals surface area contributed by atoms with Crippen molar-refractivity contribution in [3.8, 4) is 0 Å². The lowest BCUT2D eigenvalue weighted by Gasteiger charge is -2.09. The number of thioether (sulfide) groups is 1. The van der Waals surface area contributed by atoms with Gasteiger partial charge in [-0.15, -0.1) is 0 Å². The summed E-state index contributed by atoms with van der Waals surface area (Å²) in [6.07, 6.45) is 0.832. The number of ether oxygens (including phenoxy) is 1. The molecule has 7 heteroatoms. The Kier molecular flexibility index (Phi) is 5.82. The molecule has 2 N–H and O–H groups in total. The third-order valence-corrected chi connectivity index (χ3v) is 3.03. The van der Waals surface area contributed by atoms with E-state index in [1.807, 2.05) is 0 Å². The lowest BCUT2D eigenvalue weighted by atomic mass is 10.3. The van der Waals surface area contributed by atoms with Crippen molar-refractivity contribution < 1.29 is 19.1 Å². The number of rotatable bonds is 6. The van der Waals surface area contributed by atoms with Crippen molar-refractivity contribution in [2.45, 2.75) is 25.8 Å².